The first-order chi connectivity index (χ1) is 9.29. The van der Waals surface area contributed by atoms with Gasteiger partial charge in [0.15, 0.2) is 0 Å². The normalized spacial score (nSPS) is 11.8. The number of sulfonamides is 1. The van der Waals surface area contributed by atoms with E-state index in [1.807, 2.05) is 0 Å². The molecule has 0 bridgehead atoms. The Morgan fingerprint density at radius 3 is 2.65 bits per heavy atom. The zero-order chi connectivity index (χ0) is 14.9. The van der Waals surface area contributed by atoms with Gasteiger partial charge in [-0.05, 0) is 32.0 Å². The summed E-state index contributed by atoms with van der Waals surface area (Å²) in [6.45, 7) is 3.31. The smallest absolute Gasteiger partial charge is 0.243 e. The van der Waals surface area contributed by atoms with Gasteiger partial charge in [0.2, 0.25) is 15.9 Å². The number of aromatic nitrogens is 1. The second-order valence-corrected chi connectivity index (χ2v) is 6.32. The van der Waals surface area contributed by atoms with E-state index in [2.05, 4.69) is 9.71 Å². The maximum atomic E-state index is 13.6. The van der Waals surface area contributed by atoms with Gasteiger partial charge in [-0.15, -0.1) is 0 Å². The molecule has 2 rings (SSSR count). The Morgan fingerprint density at radius 1 is 1.40 bits per heavy atom. The third-order valence-corrected chi connectivity index (χ3v) is 4.34. The van der Waals surface area contributed by atoms with Crippen LogP contribution >= 0.6 is 11.6 Å². The molecule has 0 saturated carbocycles. The highest BCUT2D eigenvalue weighted by Crippen LogP contribution is 2.19. The van der Waals surface area contributed by atoms with Crippen molar-refractivity contribution in [3.63, 3.8) is 0 Å². The molecule has 108 valence electrons. The van der Waals surface area contributed by atoms with Crippen LogP contribution in [0.5, 0.6) is 0 Å². The minimum atomic E-state index is -3.99. The molecule has 1 heterocycles. The molecule has 1 aromatic carbocycles. The second kappa shape index (κ2) is 5.51. The number of benzene rings is 1. The molecule has 2 aromatic rings. The number of nitrogens with one attached hydrogen (secondary N) is 1. The lowest BCUT2D eigenvalue weighted by molar-refractivity contribution is 0.462. The summed E-state index contributed by atoms with van der Waals surface area (Å²) >= 11 is 5.58. The highest BCUT2D eigenvalue weighted by molar-refractivity contribution is 7.89. The van der Waals surface area contributed by atoms with Crippen LogP contribution in [0.4, 0.5) is 4.39 Å². The summed E-state index contributed by atoms with van der Waals surface area (Å²) in [7, 11) is -3.99. The van der Waals surface area contributed by atoms with Crippen molar-refractivity contribution in [3.05, 3.63) is 46.4 Å². The van der Waals surface area contributed by atoms with Gasteiger partial charge in [-0.3, -0.25) is 0 Å². The van der Waals surface area contributed by atoms with Crippen LogP contribution in [0.2, 0.25) is 5.02 Å². The first-order valence-corrected chi connectivity index (χ1v) is 7.53. The standard InChI is InChI=1S/C12H12ClFN2O3S/c1-7-8(2)19-12(16-7)6-15-20(17,18)11-4-3-9(13)5-10(11)14/h3-5,15H,6H2,1-2H3. The van der Waals surface area contributed by atoms with E-state index in [0.29, 0.717) is 11.5 Å². The summed E-state index contributed by atoms with van der Waals surface area (Å²) in [4.78, 5) is 3.56. The van der Waals surface area contributed by atoms with Crippen molar-refractivity contribution in [3.8, 4) is 0 Å². The van der Waals surface area contributed by atoms with Crippen LogP contribution in [-0.4, -0.2) is 13.4 Å². The van der Waals surface area contributed by atoms with Crippen LogP contribution in [0.3, 0.4) is 0 Å². The van der Waals surface area contributed by atoms with Crippen LogP contribution in [0.1, 0.15) is 17.3 Å². The molecular formula is C12H12ClFN2O3S. The molecule has 0 spiro atoms. The van der Waals surface area contributed by atoms with E-state index in [1.54, 1.807) is 13.8 Å². The van der Waals surface area contributed by atoms with Crippen molar-refractivity contribution in [1.82, 2.24) is 9.71 Å². The zero-order valence-electron chi connectivity index (χ0n) is 10.8. The summed E-state index contributed by atoms with van der Waals surface area (Å²) in [5.74, 6) is -0.0837. The van der Waals surface area contributed by atoms with Crippen molar-refractivity contribution in [1.29, 1.82) is 0 Å². The van der Waals surface area contributed by atoms with Gasteiger partial charge in [-0.25, -0.2) is 22.5 Å². The molecule has 0 fully saturated rings. The molecule has 0 atom stereocenters. The number of halogens is 2. The van der Waals surface area contributed by atoms with E-state index in [1.165, 1.54) is 6.07 Å². The molecule has 0 aliphatic carbocycles. The SMILES string of the molecule is Cc1nc(CNS(=O)(=O)c2ccc(Cl)cc2F)oc1C. The first kappa shape index (κ1) is 15.0. The minimum Gasteiger partial charge on any atom is -0.444 e. The molecule has 20 heavy (non-hydrogen) atoms. The largest absolute Gasteiger partial charge is 0.444 e. The first-order valence-electron chi connectivity index (χ1n) is 5.67. The summed E-state index contributed by atoms with van der Waals surface area (Å²) in [5.41, 5.74) is 0.678. The topological polar surface area (TPSA) is 72.2 Å². The highest BCUT2D eigenvalue weighted by atomic mass is 35.5. The van der Waals surface area contributed by atoms with Gasteiger partial charge in [0.25, 0.3) is 0 Å². The lowest BCUT2D eigenvalue weighted by atomic mass is 10.3. The number of rotatable bonds is 4. The Morgan fingerprint density at radius 2 is 2.10 bits per heavy atom. The molecule has 1 N–H and O–H groups in total. The lowest BCUT2D eigenvalue weighted by Gasteiger charge is -2.06. The summed E-state index contributed by atoms with van der Waals surface area (Å²) < 4.78 is 45.0. The summed E-state index contributed by atoms with van der Waals surface area (Å²) in [6, 6.07) is 3.35. The van der Waals surface area contributed by atoms with E-state index in [9.17, 15) is 12.8 Å². The molecule has 1 aromatic heterocycles. The van der Waals surface area contributed by atoms with E-state index >= 15 is 0 Å². The molecule has 0 amide bonds. The van der Waals surface area contributed by atoms with Crippen LogP contribution in [0.25, 0.3) is 0 Å². The van der Waals surface area contributed by atoms with Crippen LogP contribution in [0.15, 0.2) is 27.5 Å². The van der Waals surface area contributed by atoms with E-state index < -0.39 is 20.7 Å². The van der Waals surface area contributed by atoms with Crippen molar-refractivity contribution in [2.45, 2.75) is 25.3 Å². The van der Waals surface area contributed by atoms with E-state index in [0.717, 1.165) is 12.1 Å². The Kier molecular flexibility index (Phi) is 4.12. The van der Waals surface area contributed by atoms with Gasteiger partial charge in [0.1, 0.15) is 16.5 Å². The maximum Gasteiger partial charge on any atom is 0.243 e. The number of hydrogen-bond acceptors (Lipinski definition) is 4. The Labute approximate surface area is 120 Å². The van der Waals surface area contributed by atoms with Crippen molar-refractivity contribution in [2.24, 2.45) is 0 Å². The average molecular weight is 319 g/mol. The number of hydrogen-bond donors (Lipinski definition) is 1. The number of nitrogens with zero attached hydrogens (tertiary/aromatic N) is 1. The van der Waals surface area contributed by atoms with Crippen molar-refractivity contribution < 1.29 is 17.2 Å². The quantitative estimate of drug-likeness (QED) is 0.940. The fraction of sp³-hybridized carbons (Fsp3) is 0.250. The van der Waals surface area contributed by atoms with Crippen LogP contribution in [0, 0.1) is 19.7 Å². The average Bonchev–Trinajstić information content (AvgIpc) is 2.66. The minimum absolute atomic E-state index is 0.125. The van der Waals surface area contributed by atoms with Gasteiger partial charge in [0, 0.05) is 5.02 Å². The predicted octanol–water partition coefficient (Wildman–Crippen LogP) is 2.56. The fourth-order valence-electron chi connectivity index (χ4n) is 1.54. The van der Waals surface area contributed by atoms with Crippen LogP contribution < -0.4 is 4.72 Å². The van der Waals surface area contributed by atoms with Gasteiger partial charge in [0.05, 0.1) is 12.2 Å². The van der Waals surface area contributed by atoms with Crippen molar-refractivity contribution in [2.75, 3.05) is 0 Å². The molecule has 0 aliphatic heterocycles. The molecule has 0 saturated heterocycles. The predicted molar refractivity (Wildman–Crippen MR) is 71.4 cm³/mol. The Hall–Kier alpha value is -1.44. The van der Waals surface area contributed by atoms with Gasteiger partial charge < -0.3 is 4.42 Å². The third-order valence-electron chi connectivity index (χ3n) is 2.67. The van der Waals surface area contributed by atoms with E-state index in [4.69, 9.17) is 16.0 Å². The lowest BCUT2D eigenvalue weighted by Crippen LogP contribution is -2.24. The van der Waals surface area contributed by atoms with Crippen molar-refractivity contribution >= 4 is 21.6 Å². The van der Waals surface area contributed by atoms with E-state index in [-0.39, 0.29) is 17.5 Å². The third kappa shape index (κ3) is 3.17. The van der Waals surface area contributed by atoms with Crippen LogP contribution in [-0.2, 0) is 16.6 Å². The number of aryl methyl sites for hydroxylation is 2. The summed E-state index contributed by atoms with van der Waals surface area (Å²) in [6.07, 6.45) is 0. The molecule has 8 heteroatoms. The van der Waals surface area contributed by atoms with Gasteiger partial charge in [-0.2, -0.15) is 0 Å². The number of oxazole rings is 1. The highest BCUT2D eigenvalue weighted by Gasteiger charge is 2.20. The zero-order valence-corrected chi connectivity index (χ0v) is 12.3. The summed E-state index contributed by atoms with van der Waals surface area (Å²) in [5, 5.41) is 0.125. The molecule has 0 radical (unpaired) electrons. The molecule has 0 aliphatic rings. The maximum absolute atomic E-state index is 13.6. The molecule has 0 unspecified atom stereocenters. The molecular weight excluding hydrogens is 307 g/mol. The van der Waals surface area contributed by atoms with Gasteiger partial charge in [-0.1, -0.05) is 11.6 Å². The Balaban J connectivity index is 2.19. The molecule has 5 nitrogen and oxygen atoms in total. The second-order valence-electron chi connectivity index (χ2n) is 4.15. The fourth-order valence-corrected chi connectivity index (χ4v) is 2.73. The Bertz CT molecular complexity index is 724. The monoisotopic (exact) mass is 318 g/mol. The van der Waals surface area contributed by atoms with Gasteiger partial charge >= 0.3 is 0 Å².